The van der Waals surface area contributed by atoms with Crippen LogP contribution in [0.2, 0.25) is 0 Å². The van der Waals surface area contributed by atoms with Crippen LogP contribution in [0.4, 0.5) is 5.82 Å². The maximum Gasteiger partial charge on any atom is 0.335 e. The molecule has 1 aliphatic rings. The number of carboxylic acid groups (broad SMARTS) is 1. The molecule has 3 aromatic rings. The molecule has 0 bridgehead atoms. The first-order valence-electron chi connectivity index (χ1n) is 9.82. The van der Waals surface area contributed by atoms with Crippen molar-refractivity contribution in [1.82, 2.24) is 15.0 Å². The van der Waals surface area contributed by atoms with Crippen LogP contribution in [-0.2, 0) is 11.2 Å². The zero-order valence-electron chi connectivity index (χ0n) is 15.9. The average Bonchev–Trinajstić information content (AvgIpc) is 3.51. The number of fused-ring (bicyclic) bond motifs is 3. The molecule has 1 aliphatic carbocycles. The smallest absolute Gasteiger partial charge is 0.335 e. The van der Waals surface area contributed by atoms with E-state index in [2.05, 4.69) is 10.3 Å². The summed E-state index contributed by atoms with van der Waals surface area (Å²) >= 11 is 0. The number of benzene rings is 1. The third-order valence-corrected chi connectivity index (χ3v) is 4.89. The van der Waals surface area contributed by atoms with Gasteiger partial charge in [-0.3, -0.25) is 0 Å². The summed E-state index contributed by atoms with van der Waals surface area (Å²) in [5.74, 6) is 0.552. The first-order chi connectivity index (χ1) is 13.7. The number of nitrogens with one attached hydrogen (secondary N) is 1. The highest BCUT2D eigenvalue weighted by atomic mass is 16.5. The van der Waals surface area contributed by atoms with Crippen LogP contribution >= 0.6 is 0 Å². The largest absolute Gasteiger partial charge is 0.478 e. The van der Waals surface area contributed by atoms with Gasteiger partial charge in [-0.1, -0.05) is 6.07 Å². The lowest BCUT2D eigenvalue weighted by atomic mass is 10.1. The highest BCUT2D eigenvalue weighted by Crippen LogP contribution is 2.32. The van der Waals surface area contributed by atoms with E-state index in [9.17, 15) is 9.90 Å². The fourth-order valence-electron chi connectivity index (χ4n) is 3.23. The van der Waals surface area contributed by atoms with E-state index in [0.29, 0.717) is 17.4 Å². The Morgan fingerprint density at radius 2 is 2.11 bits per heavy atom. The molecular formula is C21H24N4O3. The van der Waals surface area contributed by atoms with Crippen LogP contribution in [0.15, 0.2) is 24.4 Å². The third-order valence-electron chi connectivity index (χ3n) is 4.89. The second kappa shape index (κ2) is 8.06. The second-order valence-electron chi connectivity index (χ2n) is 7.12. The van der Waals surface area contributed by atoms with E-state index < -0.39 is 5.97 Å². The number of carbonyl (C=O) groups is 1. The highest BCUT2D eigenvalue weighted by Gasteiger charge is 2.23. The first kappa shape index (κ1) is 18.6. The number of carboxylic acids is 1. The number of aryl methyl sites for hydroxylation is 1. The number of nitrogens with zero attached hydrogens (tertiary/aromatic N) is 3. The van der Waals surface area contributed by atoms with Crippen molar-refractivity contribution in [3.8, 4) is 0 Å². The lowest BCUT2D eigenvalue weighted by molar-refractivity contribution is 0.0697. The average molecular weight is 380 g/mol. The van der Waals surface area contributed by atoms with Gasteiger partial charge in [-0.2, -0.15) is 0 Å². The minimum absolute atomic E-state index is 0.226. The van der Waals surface area contributed by atoms with E-state index in [1.165, 1.54) is 0 Å². The standard InChI is InChI=1S/C21H24N4O3/c1-2-28-10-4-3-5-18-22-12-16-15-9-6-13(21(26)27)11-17(15)24-20(19(16)25-18)23-14-7-8-14/h6,9,11-12,14H,2-5,7-8,10H2,1H3,(H,23,24)(H,26,27). The van der Waals surface area contributed by atoms with Crippen LogP contribution in [0.25, 0.3) is 21.8 Å². The molecule has 7 nitrogen and oxygen atoms in total. The van der Waals surface area contributed by atoms with Crippen molar-refractivity contribution in [2.45, 2.75) is 45.1 Å². The Labute approximate surface area is 163 Å². The fourth-order valence-corrected chi connectivity index (χ4v) is 3.23. The molecule has 1 fully saturated rings. The maximum atomic E-state index is 11.3. The summed E-state index contributed by atoms with van der Waals surface area (Å²) in [7, 11) is 0. The predicted octanol–water partition coefficient (Wildman–Crippen LogP) is 3.81. The zero-order valence-corrected chi connectivity index (χ0v) is 15.9. The Morgan fingerprint density at radius 1 is 1.25 bits per heavy atom. The molecule has 0 saturated heterocycles. The van der Waals surface area contributed by atoms with Crippen LogP contribution in [0, 0.1) is 0 Å². The number of hydrogen-bond donors (Lipinski definition) is 2. The Bertz CT molecular complexity index is 1020. The SMILES string of the molecule is CCOCCCCc1ncc2c(n1)c(NC1CC1)nc1cc(C(=O)O)ccc12. The molecule has 2 aromatic heterocycles. The van der Waals surface area contributed by atoms with Gasteiger partial charge in [-0.25, -0.2) is 19.7 Å². The third kappa shape index (κ3) is 4.04. The topological polar surface area (TPSA) is 97.2 Å². The Kier molecular flexibility index (Phi) is 5.34. The van der Waals surface area contributed by atoms with Crippen molar-refractivity contribution in [1.29, 1.82) is 0 Å². The van der Waals surface area contributed by atoms with E-state index in [4.69, 9.17) is 14.7 Å². The predicted molar refractivity (Wildman–Crippen MR) is 108 cm³/mol. The number of aromatic carboxylic acids is 1. The summed E-state index contributed by atoms with van der Waals surface area (Å²) in [5.41, 5.74) is 1.67. The summed E-state index contributed by atoms with van der Waals surface area (Å²) in [5, 5.41) is 14.5. The monoisotopic (exact) mass is 380 g/mol. The van der Waals surface area contributed by atoms with E-state index in [1.54, 1.807) is 18.2 Å². The normalized spacial score (nSPS) is 13.9. The molecule has 0 amide bonds. The van der Waals surface area contributed by atoms with E-state index in [-0.39, 0.29) is 5.56 Å². The molecule has 4 rings (SSSR count). The Morgan fingerprint density at radius 3 is 2.86 bits per heavy atom. The summed E-state index contributed by atoms with van der Waals surface area (Å²) in [6.45, 7) is 3.50. The molecular weight excluding hydrogens is 356 g/mol. The number of ether oxygens (including phenoxy) is 1. The molecule has 2 N–H and O–H groups in total. The lowest BCUT2D eigenvalue weighted by Gasteiger charge is -2.12. The number of pyridine rings is 1. The van der Waals surface area contributed by atoms with Gasteiger partial charge >= 0.3 is 5.97 Å². The summed E-state index contributed by atoms with van der Waals surface area (Å²) in [6, 6.07) is 5.42. The van der Waals surface area contributed by atoms with Crippen LogP contribution in [-0.4, -0.2) is 45.3 Å². The molecule has 0 atom stereocenters. The zero-order chi connectivity index (χ0) is 19.5. The Hall–Kier alpha value is -2.80. The maximum absolute atomic E-state index is 11.3. The molecule has 28 heavy (non-hydrogen) atoms. The summed E-state index contributed by atoms with van der Waals surface area (Å²) < 4.78 is 5.38. The van der Waals surface area contributed by atoms with Crippen molar-refractivity contribution in [3.05, 3.63) is 35.8 Å². The van der Waals surface area contributed by atoms with Gasteiger partial charge in [0.05, 0.1) is 11.1 Å². The number of hydrogen-bond acceptors (Lipinski definition) is 6. The lowest BCUT2D eigenvalue weighted by Crippen LogP contribution is -2.07. The first-order valence-corrected chi connectivity index (χ1v) is 9.82. The number of unbranched alkanes of at least 4 members (excludes halogenated alkanes) is 1. The van der Waals surface area contributed by atoms with Crippen LogP contribution in [0.5, 0.6) is 0 Å². The molecule has 0 aliphatic heterocycles. The summed E-state index contributed by atoms with van der Waals surface area (Å²) in [4.78, 5) is 25.4. The van der Waals surface area contributed by atoms with Crippen molar-refractivity contribution in [3.63, 3.8) is 0 Å². The quantitative estimate of drug-likeness (QED) is 0.430. The second-order valence-corrected chi connectivity index (χ2v) is 7.12. The number of rotatable bonds is 9. The van der Waals surface area contributed by atoms with Crippen molar-refractivity contribution < 1.29 is 14.6 Å². The molecule has 0 unspecified atom stereocenters. The van der Waals surface area contributed by atoms with E-state index >= 15 is 0 Å². The van der Waals surface area contributed by atoms with Gasteiger partial charge in [0.2, 0.25) is 0 Å². The van der Waals surface area contributed by atoms with Crippen LogP contribution in [0.1, 0.15) is 48.8 Å². The molecule has 146 valence electrons. The molecule has 1 aromatic carbocycles. The molecule has 0 spiro atoms. The van der Waals surface area contributed by atoms with Crippen LogP contribution in [0.3, 0.4) is 0 Å². The van der Waals surface area contributed by atoms with E-state index in [1.807, 2.05) is 13.1 Å². The molecule has 7 heteroatoms. The van der Waals surface area contributed by atoms with E-state index in [0.717, 1.165) is 67.4 Å². The number of aromatic nitrogens is 3. The Balaban J connectivity index is 1.70. The van der Waals surface area contributed by atoms with Gasteiger partial charge in [0, 0.05) is 42.6 Å². The van der Waals surface area contributed by atoms with Crippen LogP contribution < -0.4 is 5.32 Å². The molecule has 1 saturated carbocycles. The van der Waals surface area contributed by atoms with Gasteiger partial charge in [0.1, 0.15) is 11.3 Å². The molecule has 2 heterocycles. The van der Waals surface area contributed by atoms with Gasteiger partial charge in [-0.15, -0.1) is 0 Å². The van der Waals surface area contributed by atoms with Gasteiger partial charge < -0.3 is 15.2 Å². The highest BCUT2D eigenvalue weighted by molar-refractivity contribution is 6.09. The van der Waals surface area contributed by atoms with Gasteiger partial charge in [-0.05, 0) is 44.7 Å². The summed E-state index contributed by atoms with van der Waals surface area (Å²) in [6.07, 6.45) is 6.82. The molecule has 0 radical (unpaired) electrons. The van der Waals surface area contributed by atoms with Gasteiger partial charge in [0.15, 0.2) is 5.82 Å². The van der Waals surface area contributed by atoms with Crippen molar-refractivity contribution >= 4 is 33.6 Å². The minimum Gasteiger partial charge on any atom is -0.478 e. The van der Waals surface area contributed by atoms with Gasteiger partial charge in [0.25, 0.3) is 0 Å². The minimum atomic E-state index is -0.959. The fraction of sp³-hybridized carbons (Fsp3) is 0.429. The van der Waals surface area contributed by atoms with Crippen molar-refractivity contribution in [2.75, 3.05) is 18.5 Å². The number of anilines is 1. The van der Waals surface area contributed by atoms with Crippen molar-refractivity contribution in [2.24, 2.45) is 0 Å².